The summed E-state index contributed by atoms with van der Waals surface area (Å²) in [6, 6.07) is 12.2. The van der Waals surface area contributed by atoms with Gasteiger partial charge in [-0.05, 0) is 40.8 Å². The molecule has 2 aromatic carbocycles. The largest absolute Gasteiger partial charge is 0.497 e. The molecule has 0 aliphatic carbocycles. The van der Waals surface area contributed by atoms with E-state index < -0.39 is 0 Å². The van der Waals surface area contributed by atoms with Gasteiger partial charge in [0.25, 0.3) is 0 Å². The summed E-state index contributed by atoms with van der Waals surface area (Å²) in [7, 11) is 1.67. The fraction of sp³-hybridized carbons (Fsp3) is 0.421. The number of methoxy groups -OCH3 is 1. The van der Waals surface area contributed by atoms with Gasteiger partial charge < -0.3 is 4.74 Å². The molecule has 0 spiro atoms. The number of fused-ring (bicyclic) bond motifs is 1. The Kier molecular flexibility index (Phi) is 5.38. The molecule has 2 aromatic rings. The molecular formula is C19H24O2. The second-order valence-corrected chi connectivity index (χ2v) is 6.01. The lowest BCUT2D eigenvalue weighted by Gasteiger charge is -2.08. The van der Waals surface area contributed by atoms with Crippen molar-refractivity contribution in [3.63, 3.8) is 0 Å². The first-order chi connectivity index (χ1) is 10.1. The summed E-state index contributed by atoms with van der Waals surface area (Å²) in [6.45, 7) is 4.39. The number of carbonyl (C=O) groups is 1. The molecule has 0 saturated carbocycles. The number of Topliss-reactive ketones (excluding diaryl/α,β-unsaturated/α-hetero) is 1. The Labute approximate surface area is 127 Å². The van der Waals surface area contributed by atoms with Crippen molar-refractivity contribution < 1.29 is 9.53 Å². The Morgan fingerprint density at radius 2 is 2.00 bits per heavy atom. The molecule has 2 rings (SSSR count). The van der Waals surface area contributed by atoms with E-state index in [1.165, 1.54) is 0 Å². The van der Waals surface area contributed by atoms with Crippen LogP contribution in [0.2, 0.25) is 0 Å². The van der Waals surface area contributed by atoms with E-state index in [0.717, 1.165) is 34.9 Å². The van der Waals surface area contributed by atoms with Gasteiger partial charge in [-0.25, -0.2) is 0 Å². The molecule has 0 bridgehead atoms. The summed E-state index contributed by atoms with van der Waals surface area (Å²) in [5.41, 5.74) is 1.10. The van der Waals surface area contributed by atoms with Gasteiger partial charge in [-0.1, -0.05) is 44.5 Å². The fourth-order valence-corrected chi connectivity index (χ4v) is 2.61. The molecule has 0 radical (unpaired) electrons. The predicted molar refractivity (Wildman–Crippen MR) is 87.9 cm³/mol. The van der Waals surface area contributed by atoms with E-state index in [-0.39, 0.29) is 0 Å². The molecule has 0 fully saturated rings. The molecule has 0 saturated heterocycles. The van der Waals surface area contributed by atoms with Crippen LogP contribution in [0, 0.1) is 5.92 Å². The molecule has 0 amide bonds. The monoisotopic (exact) mass is 284 g/mol. The lowest BCUT2D eigenvalue weighted by atomic mass is 9.97. The zero-order valence-corrected chi connectivity index (χ0v) is 13.2. The standard InChI is InChI=1S/C19H24O2/c1-14(2)6-4-9-17(20)12-16-8-5-7-15-10-11-18(21-3)13-19(15)16/h5,7-8,10-11,13-14H,4,6,9,12H2,1-3H3. The summed E-state index contributed by atoms with van der Waals surface area (Å²) in [4.78, 5) is 12.2. The number of hydrogen-bond donors (Lipinski definition) is 0. The topological polar surface area (TPSA) is 26.3 Å². The maximum Gasteiger partial charge on any atom is 0.137 e. The molecule has 21 heavy (non-hydrogen) atoms. The van der Waals surface area contributed by atoms with Crippen molar-refractivity contribution in [1.82, 2.24) is 0 Å². The van der Waals surface area contributed by atoms with E-state index in [1.807, 2.05) is 30.3 Å². The molecule has 2 heteroatoms. The van der Waals surface area contributed by atoms with E-state index in [0.29, 0.717) is 24.5 Å². The minimum absolute atomic E-state index is 0.325. The SMILES string of the molecule is COc1ccc2cccc(CC(=O)CCCC(C)C)c2c1. The molecule has 0 heterocycles. The number of rotatable bonds is 7. The zero-order chi connectivity index (χ0) is 15.2. The normalized spacial score (nSPS) is 11.0. The van der Waals surface area contributed by atoms with Crippen LogP contribution >= 0.6 is 0 Å². The lowest BCUT2D eigenvalue weighted by Crippen LogP contribution is -2.04. The number of hydrogen-bond acceptors (Lipinski definition) is 2. The number of carbonyl (C=O) groups excluding carboxylic acids is 1. The van der Waals surface area contributed by atoms with Crippen molar-refractivity contribution in [2.45, 2.75) is 39.5 Å². The van der Waals surface area contributed by atoms with Gasteiger partial charge in [0.2, 0.25) is 0 Å². The van der Waals surface area contributed by atoms with Gasteiger partial charge in [-0.15, -0.1) is 0 Å². The number of ether oxygens (including phenoxy) is 1. The van der Waals surface area contributed by atoms with Gasteiger partial charge in [0.1, 0.15) is 11.5 Å². The average Bonchev–Trinajstić information content (AvgIpc) is 2.46. The second-order valence-electron chi connectivity index (χ2n) is 6.01. The highest BCUT2D eigenvalue weighted by molar-refractivity contribution is 5.91. The molecule has 0 aromatic heterocycles. The third-order valence-electron chi connectivity index (χ3n) is 3.80. The van der Waals surface area contributed by atoms with Crippen molar-refractivity contribution in [2.75, 3.05) is 7.11 Å². The van der Waals surface area contributed by atoms with E-state index in [1.54, 1.807) is 7.11 Å². The van der Waals surface area contributed by atoms with Crippen molar-refractivity contribution in [3.05, 3.63) is 42.0 Å². The van der Waals surface area contributed by atoms with Crippen LogP contribution in [0.1, 0.15) is 38.7 Å². The minimum atomic E-state index is 0.325. The van der Waals surface area contributed by atoms with E-state index in [9.17, 15) is 4.79 Å². The van der Waals surface area contributed by atoms with Crippen LogP contribution in [0.4, 0.5) is 0 Å². The van der Waals surface area contributed by atoms with Crippen molar-refractivity contribution in [3.8, 4) is 5.75 Å². The van der Waals surface area contributed by atoms with Crippen LogP contribution in [0.25, 0.3) is 10.8 Å². The fourth-order valence-electron chi connectivity index (χ4n) is 2.61. The van der Waals surface area contributed by atoms with E-state index in [4.69, 9.17) is 4.74 Å². The van der Waals surface area contributed by atoms with Crippen molar-refractivity contribution >= 4 is 16.6 Å². The summed E-state index contributed by atoms with van der Waals surface area (Å²) < 4.78 is 5.29. The van der Waals surface area contributed by atoms with Gasteiger partial charge in [0.05, 0.1) is 7.11 Å². The number of benzene rings is 2. The van der Waals surface area contributed by atoms with E-state index in [2.05, 4.69) is 19.9 Å². The Bertz CT molecular complexity index is 614. The molecule has 0 aliphatic rings. The highest BCUT2D eigenvalue weighted by atomic mass is 16.5. The molecule has 0 aliphatic heterocycles. The van der Waals surface area contributed by atoms with Crippen LogP contribution in [0.3, 0.4) is 0 Å². The third kappa shape index (κ3) is 4.32. The van der Waals surface area contributed by atoms with Gasteiger partial charge in [0, 0.05) is 12.8 Å². The molecule has 0 N–H and O–H groups in total. The molecule has 112 valence electrons. The maximum atomic E-state index is 12.2. The highest BCUT2D eigenvalue weighted by Gasteiger charge is 2.08. The van der Waals surface area contributed by atoms with Crippen LogP contribution < -0.4 is 4.74 Å². The smallest absolute Gasteiger partial charge is 0.137 e. The van der Waals surface area contributed by atoms with E-state index >= 15 is 0 Å². The Morgan fingerprint density at radius 1 is 1.19 bits per heavy atom. The summed E-state index contributed by atoms with van der Waals surface area (Å²) in [5.74, 6) is 1.83. The van der Waals surface area contributed by atoms with Gasteiger partial charge >= 0.3 is 0 Å². The van der Waals surface area contributed by atoms with Crippen molar-refractivity contribution in [1.29, 1.82) is 0 Å². The molecular weight excluding hydrogens is 260 g/mol. The Morgan fingerprint density at radius 3 is 2.71 bits per heavy atom. The van der Waals surface area contributed by atoms with Crippen molar-refractivity contribution in [2.24, 2.45) is 5.92 Å². The quantitative estimate of drug-likeness (QED) is 0.731. The minimum Gasteiger partial charge on any atom is -0.497 e. The van der Waals surface area contributed by atoms with Gasteiger partial charge in [-0.3, -0.25) is 4.79 Å². The first kappa shape index (κ1) is 15.6. The summed E-state index contributed by atoms with van der Waals surface area (Å²) in [5, 5.41) is 2.28. The zero-order valence-electron chi connectivity index (χ0n) is 13.2. The van der Waals surface area contributed by atoms with Crippen LogP contribution in [-0.4, -0.2) is 12.9 Å². The highest BCUT2D eigenvalue weighted by Crippen LogP contribution is 2.25. The van der Waals surface area contributed by atoms with Gasteiger partial charge in [0.15, 0.2) is 0 Å². The summed E-state index contributed by atoms with van der Waals surface area (Å²) in [6.07, 6.45) is 3.31. The van der Waals surface area contributed by atoms with Crippen LogP contribution in [-0.2, 0) is 11.2 Å². The first-order valence-corrected chi connectivity index (χ1v) is 7.67. The Balaban J connectivity index is 2.12. The lowest BCUT2D eigenvalue weighted by molar-refractivity contribution is -0.118. The third-order valence-corrected chi connectivity index (χ3v) is 3.80. The first-order valence-electron chi connectivity index (χ1n) is 7.67. The molecule has 0 atom stereocenters. The Hall–Kier alpha value is -1.83. The van der Waals surface area contributed by atoms with Crippen LogP contribution in [0.5, 0.6) is 5.75 Å². The predicted octanol–water partition coefficient (Wildman–Crippen LogP) is 4.79. The summed E-state index contributed by atoms with van der Waals surface area (Å²) >= 11 is 0. The maximum absolute atomic E-state index is 12.2. The van der Waals surface area contributed by atoms with Gasteiger partial charge in [-0.2, -0.15) is 0 Å². The second kappa shape index (κ2) is 7.26. The average molecular weight is 284 g/mol. The molecule has 0 unspecified atom stereocenters. The number of ketones is 1. The van der Waals surface area contributed by atoms with Crippen LogP contribution in [0.15, 0.2) is 36.4 Å². The molecule has 2 nitrogen and oxygen atoms in total.